The van der Waals surface area contributed by atoms with Gasteiger partial charge in [0.25, 0.3) is 20.2 Å². The molecule has 0 amide bonds. The standard InChI is InChI=1S/C9H18O8S2/c1-9(2)16-7(5-14-18(3,10)11)8(17-9)6-15-19(4,12)13/h7-8H,5-6H2,1-4H3/t7-,8?/m0/s1. The van der Waals surface area contributed by atoms with E-state index in [9.17, 15) is 16.8 Å². The normalized spacial score (nSPS) is 27.6. The van der Waals surface area contributed by atoms with Crippen LogP contribution >= 0.6 is 0 Å². The minimum absolute atomic E-state index is 0.264. The van der Waals surface area contributed by atoms with Gasteiger partial charge in [-0.05, 0) is 13.8 Å². The molecule has 0 spiro atoms. The van der Waals surface area contributed by atoms with E-state index in [1.165, 1.54) is 0 Å². The fraction of sp³-hybridized carbons (Fsp3) is 1.00. The molecule has 114 valence electrons. The van der Waals surface area contributed by atoms with Gasteiger partial charge in [0, 0.05) is 0 Å². The summed E-state index contributed by atoms with van der Waals surface area (Å²) in [6, 6.07) is 0. The van der Waals surface area contributed by atoms with Crippen molar-refractivity contribution in [1.29, 1.82) is 0 Å². The smallest absolute Gasteiger partial charge is 0.264 e. The van der Waals surface area contributed by atoms with E-state index in [0.717, 1.165) is 12.5 Å². The van der Waals surface area contributed by atoms with E-state index in [-0.39, 0.29) is 13.2 Å². The highest BCUT2D eigenvalue weighted by Gasteiger charge is 2.42. The first kappa shape index (κ1) is 16.8. The van der Waals surface area contributed by atoms with Gasteiger partial charge in [-0.25, -0.2) is 0 Å². The highest BCUT2D eigenvalue weighted by Crippen LogP contribution is 2.29. The minimum Gasteiger partial charge on any atom is -0.342 e. The molecule has 1 fully saturated rings. The third-order valence-electron chi connectivity index (χ3n) is 2.18. The zero-order valence-electron chi connectivity index (χ0n) is 11.2. The quantitative estimate of drug-likeness (QED) is 0.601. The average Bonchev–Trinajstić information content (AvgIpc) is 2.45. The highest BCUT2D eigenvalue weighted by atomic mass is 32.2. The lowest BCUT2D eigenvalue weighted by molar-refractivity contribution is -0.150. The van der Waals surface area contributed by atoms with Crippen molar-refractivity contribution in [2.45, 2.75) is 31.8 Å². The van der Waals surface area contributed by atoms with Gasteiger partial charge in [0.1, 0.15) is 12.2 Å². The third-order valence-corrected chi connectivity index (χ3v) is 3.31. The second-order valence-electron chi connectivity index (χ2n) is 4.69. The largest absolute Gasteiger partial charge is 0.342 e. The van der Waals surface area contributed by atoms with E-state index < -0.39 is 38.2 Å². The summed E-state index contributed by atoms with van der Waals surface area (Å²) in [5.74, 6) is -0.961. The van der Waals surface area contributed by atoms with Crippen LogP contribution in [-0.4, -0.2) is 60.6 Å². The van der Waals surface area contributed by atoms with Gasteiger partial charge in [-0.15, -0.1) is 0 Å². The summed E-state index contributed by atoms with van der Waals surface area (Å²) in [6.07, 6.45) is 0.365. The summed E-state index contributed by atoms with van der Waals surface area (Å²) < 4.78 is 63.8. The van der Waals surface area contributed by atoms with Crippen molar-refractivity contribution >= 4 is 20.2 Å². The molecule has 1 unspecified atom stereocenters. The third kappa shape index (κ3) is 6.63. The molecule has 1 aliphatic rings. The van der Waals surface area contributed by atoms with Gasteiger partial charge < -0.3 is 9.47 Å². The Morgan fingerprint density at radius 1 is 0.895 bits per heavy atom. The SMILES string of the molecule is CC1(C)OC(COS(C)(=O)=O)[C@H](COS(C)(=O)=O)O1. The Bertz CT molecular complexity index is 460. The Balaban J connectivity index is 2.65. The molecule has 0 radical (unpaired) electrons. The zero-order valence-corrected chi connectivity index (χ0v) is 12.8. The van der Waals surface area contributed by atoms with Crippen molar-refractivity contribution in [3.8, 4) is 0 Å². The summed E-state index contributed by atoms with van der Waals surface area (Å²) in [5.41, 5.74) is 0. The van der Waals surface area contributed by atoms with E-state index in [2.05, 4.69) is 8.37 Å². The lowest BCUT2D eigenvalue weighted by atomic mass is 10.2. The molecule has 1 rings (SSSR count). The molecule has 0 saturated carbocycles. The van der Waals surface area contributed by atoms with E-state index in [1.54, 1.807) is 13.8 Å². The summed E-state index contributed by atoms with van der Waals surface area (Å²) in [5, 5.41) is 0. The van der Waals surface area contributed by atoms with Gasteiger partial charge >= 0.3 is 0 Å². The molecule has 0 aromatic carbocycles. The zero-order chi connectivity index (χ0) is 14.9. The van der Waals surface area contributed by atoms with Crippen molar-refractivity contribution in [3.05, 3.63) is 0 Å². The van der Waals surface area contributed by atoms with Crippen molar-refractivity contribution in [2.24, 2.45) is 0 Å². The molecule has 19 heavy (non-hydrogen) atoms. The number of hydrogen-bond acceptors (Lipinski definition) is 8. The van der Waals surface area contributed by atoms with Gasteiger partial charge in [-0.3, -0.25) is 8.37 Å². The second-order valence-corrected chi connectivity index (χ2v) is 7.98. The van der Waals surface area contributed by atoms with Crippen LogP contribution < -0.4 is 0 Å². The Labute approximate surface area is 113 Å². The Morgan fingerprint density at radius 3 is 1.47 bits per heavy atom. The monoisotopic (exact) mass is 318 g/mol. The molecule has 1 aliphatic heterocycles. The number of rotatable bonds is 6. The maximum absolute atomic E-state index is 10.9. The fourth-order valence-corrected chi connectivity index (χ4v) is 2.34. The molecule has 2 atom stereocenters. The van der Waals surface area contributed by atoms with Crippen LogP contribution in [0, 0.1) is 0 Å². The van der Waals surface area contributed by atoms with Crippen LogP contribution in [-0.2, 0) is 38.1 Å². The van der Waals surface area contributed by atoms with E-state index >= 15 is 0 Å². The van der Waals surface area contributed by atoms with Crippen LogP contribution in [0.2, 0.25) is 0 Å². The van der Waals surface area contributed by atoms with Gasteiger partial charge in [-0.1, -0.05) is 0 Å². The summed E-state index contributed by atoms with van der Waals surface area (Å²) in [6.45, 7) is 2.72. The number of ether oxygens (including phenoxy) is 2. The molecule has 0 N–H and O–H groups in total. The van der Waals surface area contributed by atoms with Crippen molar-refractivity contribution in [3.63, 3.8) is 0 Å². The van der Waals surface area contributed by atoms with Crippen LogP contribution in [0.3, 0.4) is 0 Å². The van der Waals surface area contributed by atoms with Gasteiger partial charge in [0.15, 0.2) is 5.79 Å². The predicted molar refractivity (Wildman–Crippen MR) is 65.4 cm³/mol. The van der Waals surface area contributed by atoms with Crippen LogP contribution in [0.15, 0.2) is 0 Å². The van der Waals surface area contributed by atoms with Crippen LogP contribution in [0.5, 0.6) is 0 Å². The molecule has 0 aromatic heterocycles. The van der Waals surface area contributed by atoms with Crippen molar-refractivity contribution < 1.29 is 34.7 Å². The van der Waals surface area contributed by atoms with Crippen LogP contribution in [0.1, 0.15) is 13.8 Å². The van der Waals surface area contributed by atoms with Crippen molar-refractivity contribution in [1.82, 2.24) is 0 Å². The van der Waals surface area contributed by atoms with Gasteiger partial charge in [-0.2, -0.15) is 16.8 Å². The summed E-state index contributed by atoms with van der Waals surface area (Å²) >= 11 is 0. The molecule has 0 aromatic rings. The minimum atomic E-state index is -3.61. The van der Waals surface area contributed by atoms with E-state index in [1.807, 2.05) is 0 Å². The lowest BCUT2D eigenvalue weighted by Crippen LogP contribution is -2.33. The molecular formula is C9H18O8S2. The predicted octanol–water partition coefficient (Wildman–Crippen LogP) is -0.541. The molecule has 10 heteroatoms. The molecule has 1 heterocycles. The van der Waals surface area contributed by atoms with E-state index in [4.69, 9.17) is 9.47 Å². The molecule has 0 aliphatic carbocycles. The first-order valence-electron chi connectivity index (χ1n) is 5.42. The molecular weight excluding hydrogens is 300 g/mol. The number of hydrogen-bond donors (Lipinski definition) is 0. The second kappa shape index (κ2) is 5.62. The maximum Gasteiger partial charge on any atom is 0.264 e. The topological polar surface area (TPSA) is 105 Å². The Kier molecular flexibility index (Phi) is 4.97. The summed E-state index contributed by atoms with van der Waals surface area (Å²) in [4.78, 5) is 0. The van der Waals surface area contributed by atoms with Gasteiger partial charge in [0.05, 0.1) is 25.7 Å². The maximum atomic E-state index is 10.9. The first-order chi connectivity index (χ1) is 8.38. The van der Waals surface area contributed by atoms with Crippen LogP contribution in [0.25, 0.3) is 0 Å². The Morgan fingerprint density at radius 2 is 1.21 bits per heavy atom. The van der Waals surface area contributed by atoms with Gasteiger partial charge in [0.2, 0.25) is 0 Å². The molecule has 0 bridgehead atoms. The molecule has 1 saturated heterocycles. The average molecular weight is 318 g/mol. The lowest BCUT2D eigenvalue weighted by Gasteiger charge is -2.16. The summed E-state index contributed by atoms with van der Waals surface area (Å²) in [7, 11) is -7.22. The highest BCUT2D eigenvalue weighted by molar-refractivity contribution is 7.86. The first-order valence-corrected chi connectivity index (χ1v) is 9.06. The van der Waals surface area contributed by atoms with Crippen molar-refractivity contribution in [2.75, 3.05) is 25.7 Å². The fourth-order valence-electron chi connectivity index (χ4n) is 1.57. The van der Waals surface area contributed by atoms with Crippen LogP contribution in [0.4, 0.5) is 0 Å². The molecule has 8 nitrogen and oxygen atoms in total. The van der Waals surface area contributed by atoms with E-state index in [0.29, 0.717) is 0 Å². The Hall–Kier alpha value is -0.260.